The lowest BCUT2D eigenvalue weighted by atomic mass is 9.87. The van der Waals surface area contributed by atoms with Crippen LogP contribution in [0.15, 0.2) is 182 Å². The van der Waals surface area contributed by atoms with Gasteiger partial charge in [-0.05, 0) is 170 Å². The highest BCUT2D eigenvalue weighted by molar-refractivity contribution is 6.45. The SMILES string of the molecule is c1ccc(-c2ccc(-c3ccccc3)c3c2-c2ccc4c5ccc6c7cc8cc9c%10ccccc%10c%10cccc(c8cc7c7ccc(c8ccc-3c2c48)c5c67)c%109)cc1. The van der Waals surface area contributed by atoms with Crippen molar-refractivity contribution in [2.75, 3.05) is 0 Å². The van der Waals surface area contributed by atoms with Crippen LogP contribution in [0.2, 0.25) is 0 Å². The summed E-state index contributed by atoms with van der Waals surface area (Å²) >= 11 is 0. The molecule has 1 aliphatic rings. The highest BCUT2D eigenvalue weighted by atomic mass is 14.3. The minimum Gasteiger partial charge on any atom is -0.0622 e. The molecule has 14 aromatic rings. The molecule has 14 aromatic carbocycles. The lowest BCUT2D eigenvalue weighted by Gasteiger charge is -2.16. The predicted octanol–water partition coefficient (Wildman–Crippen LogP) is 16.5. The van der Waals surface area contributed by atoms with Gasteiger partial charge in [-0.3, -0.25) is 0 Å². The van der Waals surface area contributed by atoms with Gasteiger partial charge in [-0.2, -0.15) is 0 Å². The Morgan fingerprint density at radius 3 is 1.14 bits per heavy atom. The van der Waals surface area contributed by atoms with Gasteiger partial charge < -0.3 is 0 Å². The maximum Gasteiger partial charge on any atom is -0.00134 e. The molecule has 0 fully saturated rings. The van der Waals surface area contributed by atoms with Gasteiger partial charge in [-0.1, -0.05) is 164 Å². The second kappa shape index (κ2) is 10.2. The highest BCUT2D eigenvalue weighted by Crippen LogP contribution is 2.58. The van der Waals surface area contributed by atoms with E-state index < -0.39 is 0 Å². The quantitative estimate of drug-likeness (QED) is 0.123. The second-order valence-electron chi connectivity index (χ2n) is 16.6. The molecule has 0 heterocycles. The monoisotopic (exact) mass is 726 g/mol. The standard InChI is InChI=1S/C58H30/c1-3-10-31(11-4-1)34-18-19-35(32-12-5-2-6-13-32)54-47-27-25-43-41-21-23-45-50-30-48-33(29-51-37-15-8-7-14-36(37)38-16-9-17-39(48)52(38)51)28-49(50)44-22-20-40(55(41)57(44)45)42-24-26-46(53(34)54)58(47)56(42)43/h1-30H. The number of hydrogen-bond donors (Lipinski definition) is 0. The van der Waals surface area contributed by atoms with Gasteiger partial charge in [0.1, 0.15) is 0 Å². The van der Waals surface area contributed by atoms with Crippen LogP contribution in [0.25, 0.3) is 152 Å². The molecule has 0 saturated carbocycles. The molecule has 262 valence electrons. The molecular weight excluding hydrogens is 697 g/mol. The molecule has 0 N–H and O–H groups in total. The molecule has 15 rings (SSSR count). The van der Waals surface area contributed by atoms with Crippen LogP contribution < -0.4 is 0 Å². The maximum atomic E-state index is 2.50. The normalized spacial score (nSPS) is 12.8. The van der Waals surface area contributed by atoms with E-state index in [1.165, 1.54) is 152 Å². The first kappa shape index (κ1) is 29.7. The van der Waals surface area contributed by atoms with Crippen LogP contribution in [-0.4, -0.2) is 0 Å². The van der Waals surface area contributed by atoms with Gasteiger partial charge >= 0.3 is 0 Å². The summed E-state index contributed by atoms with van der Waals surface area (Å²) in [7, 11) is 0. The molecule has 0 bridgehead atoms. The molecule has 0 atom stereocenters. The van der Waals surface area contributed by atoms with Gasteiger partial charge in [0.05, 0.1) is 0 Å². The summed E-state index contributed by atoms with van der Waals surface area (Å²) in [5.41, 5.74) is 10.5. The van der Waals surface area contributed by atoms with E-state index in [1.54, 1.807) is 0 Å². The van der Waals surface area contributed by atoms with Gasteiger partial charge in [0.15, 0.2) is 0 Å². The Bertz CT molecular complexity index is 3980. The number of fused-ring (bicyclic) bond motifs is 13. The molecule has 0 saturated heterocycles. The van der Waals surface area contributed by atoms with Crippen LogP contribution >= 0.6 is 0 Å². The lowest BCUT2D eigenvalue weighted by molar-refractivity contribution is 1.59. The summed E-state index contributed by atoms with van der Waals surface area (Å²) in [5.74, 6) is 0. The van der Waals surface area contributed by atoms with Crippen LogP contribution in [0, 0.1) is 0 Å². The first-order valence-corrected chi connectivity index (χ1v) is 20.4. The molecule has 0 amide bonds. The summed E-state index contributed by atoms with van der Waals surface area (Å²) in [6.07, 6.45) is 0. The van der Waals surface area contributed by atoms with E-state index in [1.807, 2.05) is 0 Å². The third-order valence-corrected chi connectivity index (χ3v) is 14.0. The third-order valence-electron chi connectivity index (χ3n) is 14.0. The lowest BCUT2D eigenvalue weighted by Crippen LogP contribution is -1.89. The number of hydrogen-bond acceptors (Lipinski definition) is 0. The van der Waals surface area contributed by atoms with E-state index in [4.69, 9.17) is 0 Å². The van der Waals surface area contributed by atoms with Crippen LogP contribution in [0.4, 0.5) is 0 Å². The fourth-order valence-corrected chi connectivity index (χ4v) is 11.7. The van der Waals surface area contributed by atoms with Crippen molar-refractivity contribution >= 4 is 108 Å². The van der Waals surface area contributed by atoms with Gasteiger partial charge in [-0.25, -0.2) is 0 Å². The Hall–Kier alpha value is -7.54. The first-order valence-electron chi connectivity index (χ1n) is 20.4. The molecule has 0 nitrogen and oxygen atoms in total. The molecule has 1 aliphatic carbocycles. The van der Waals surface area contributed by atoms with Crippen LogP contribution in [0.5, 0.6) is 0 Å². The van der Waals surface area contributed by atoms with Crippen LogP contribution in [-0.2, 0) is 0 Å². The summed E-state index contributed by atoms with van der Waals surface area (Å²) < 4.78 is 0. The first-order chi connectivity index (χ1) is 28.8. The second-order valence-corrected chi connectivity index (χ2v) is 16.6. The van der Waals surface area contributed by atoms with E-state index in [0.717, 1.165) is 0 Å². The van der Waals surface area contributed by atoms with E-state index in [-0.39, 0.29) is 0 Å². The maximum absolute atomic E-state index is 2.50. The molecular formula is C58H30. The average molecular weight is 727 g/mol. The van der Waals surface area contributed by atoms with Gasteiger partial charge in [0, 0.05) is 0 Å². The van der Waals surface area contributed by atoms with Crippen molar-refractivity contribution in [1.82, 2.24) is 0 Å². The van der Waals surface area contributed by atoms with Crippen molar-refractivity contribution in [3.63, 3.8) is 0 Å². The summed E-state index contributed by atoms with van der Waals surface area (Å²) in [6, 6.07) is 69.1. The van der Waals surface area contributed by atoms with Crippen molar-refractivity contribution in [3.05, 3.63) is 182 Å². The topological polar surface area (TPSA) is 0 Å². The van der Waals surface area contributed by atoms with E-state index in [9.17, 15) is 0 Å². The fraction of sp³-hybridized carbons (Fsp3) is 0. The molecule has 0 aromatic heterocycles. The van der Waals surface area contributed by atoms with Crippen LogP contribution in [0.1, 0.15) is 0 Å². The molecule has 58 heavy (non-hydrogen) atoms. The number of benzene rings is 12. The zero-order valence-electron chi connectivity index (χ0n) is 31.3. The summed E-state index contributed by atoms with van der Waals surface area (Å²) in [5, 5.41) is 27.1. The zero-order chi connectivity index (χ0) is 37.4. The van der Waals surface area contributed by atoms with Gasteiger partial charge in [0.2, 0.25) is 0 Å². The van der Waals surface area contributed by atoms with Crippen molar-refractivity contribution < 1.29 is 0 Å². The van der Waals surface area contributed by atoms with Crippen molar-refractivity contribution in [3.8, 4) is 44.5 Å². The molecule has 0 heteroatoms. The Morgan fingerprint density at radius 1 is 0.190 bits per heavy atom. The van der Waals surface area contributed by atoms with Gasteiger partial charge in [0.25, 0.3) is 0 Å². The minimum absolute atomic E-state index is 1.25. The smallest absolute Gasteiger partial charge is 0.00134 e. The summed E-state index contributed by atoms with van der Waals surface area (Å²) in [4.78, 5) is 0. The largest absolute Gasteiger partial charge is 0.0622 e. The van der Waals surface area contributed by atoms with E-state index >= 15 is 0 Å². The molecule has 0 unspecified atom stereocenters. The molecule has 0 radical (unpaired) electrons. The Labute approximate surface area is 332 Å². The number of rotatable bonds is 2. The minimum atomic E-state index is 1.25. The zero-order valence-corrected chi connectivity index (χ0v) is 31.3. The Balaban J connectivity index is 1.05. The van der Waals surface area contributed by atoms with Crippen molar-refractivity contribution in [2.24, 2.45) is 0 Å². The van der Waals surface area contributed by atoms with Crippen molar-refractivity contribution in [2.45, 2.75) is 0 Å². The molecule has 0 spiro atoms. The molecule has 0 aliphatic heterocycles. The predicted molar refractivity (Wildman–Crippen MR) is 250 cm³/mol. The Kier molecular flexibility index (Phi) is 5.25. The average Bonchev–Trinajstić information content (AvgIpc) is 3.92. The highest BCUT2D eigenvalue weighted by Gasteiger charge is 2.30. The van der Waals surface area contributed by atoms with E-state index in [2.05, 4.69) is 182 Å². The van der Waals surface area contributed by atoms with Crippen molar-refractivity contribution in [1.29, 1.82) is 0 Å². The van der Waals surface area contributed by atoms with Gasteiger partial charge in [-0.15, -0.1) is 0 Å². The van der Waals surface area contributed by atoms with Crippen LogP contribution in [0.3, 0.4) is 0 Å². The summed E-state index contributed by atoms with van der Waals surface area (Å²) in [6.45, 7) is 0. The van der Waals surface area contributed by atoms with E-state index in [0.29, 0.717) is 0 Å². The third kappa shape index (κ3) is 3.43. The Morgan fingerprint density at radius 2 is 0.569 bits per heavy atom. The fourth-order valence-electron chi connectivity index (χ4n) is 11.7.